The Balaban J connectivity index is 2.87. The highest BCUT2D eigenvalue weighted by Crippen LogP contribution is 2.25. The fourth-order valence-electron chi connectivity index (χ4n) is 1.21. The Hall–Kier alpha value is -1.26. The number of aromatic amines is 1. The van der Waals surface area contributed by atoms with Crippen LogP contribution in [0.4, 0.5) is 0 Å². The lowest BCUT2D eigenvalue weighted by Gasteiger charge is -1.96. The highest BCUT2D eigenvalue weighted by atomic mass is 35.5. The van der Waals surface area contributed by atoms with E-state index in [2.05, 4.69) is 9.97 Å². The molecule has 0 unspecified atom stereocenters. The van der Waals surface area contributed by atoms with Crippen LogP contribution in [0.5, 0.6) is 0 Å². The van der Waals surface area contributed by atoms with Gasteiger partial charge in [0.05, 0.1) is 16.1 Å². The van der Waals surface area contributed by atoms with Crippen molar-refractivity contribution in [2.45, 2.75) is 0 Å². The van der Waals surface area contributed by atoms with Crippen molar-refractivity contribution < 1.29 is 9.90 Å². The fraction of sp³-hybridized carbons (Fsp3) is 0. The molecule has 0 atom stereocenters. The quantitative estimate of drug-likeness (QED) is 0.792. The van der Waals surface area contributed by atoms with Gasteiger partial charge in [-0.05, 0) is 23.7 Å². The molecule has 0 aliphatic rings. The summed E-state index contributed by atoms with van der Waals surface area (Å²) in [4.78, 5) is 17.3. The zero-order chi connectivity index (χ0) is 10.3. The Morgan fingerprint density at radius 1 is 1.43 bits per heavy atom. The molecular formula is C8H4Cl2N2O2. The van der Waals surface area contributed by atoms with Crippen molar-refractivity contribution in [2.24, 2.45) is 0 Å². The van der Waals surface area contributed by atoms with Crippen molar-refractivity contribution in [3.8, 4) is 0 Å². The number of hydrogen-bond donors (Lipinski definition) is 2. The Labute approximate surface area is 88.5 Å². The normalized spacial score (nSPS) is 10.7. The molecule has 0 aliphatic heterocycles. The maximum Gasteiger partial charge on any atom is 0.337 e. The topological polar surface area (TPSA) is 66.0 Å². The minimum Gasteiger partial charge on any atom is -0.478 e. The third kappa shape index (κ3) is 1.32. The van der Waals surface area contributed by atoms with E-state index in [0.29, 0.717) is 16.1 Å². The summed E-state index contributed by atoms with van der Waals surface area (Å²) in [5.41, 5.74) is 0.815. The smallest absolute Gasteiger partial charge is 0.337 e. The molecule has 0 aliphatic carbocycles. The van der Waals surface area contributed by atoms with Crippen molar-refractivity contribution >= 4 is 40.2 Å². The van der Waals surface area contributed by atoms with Gasteiger partial charge >= 0.3 is 5.97 Å². The molecule has 0 radical (unpaired) electrons. The van der Waals surface area contributed by atoms with E-state index in [4.69, 9.17) is 28.3 Å². The van der Waals surface area contributed by atoms with Gasteiger partial charge in [-0.15, -0.1) is 0 Å². The Kier molecular flexibility index (Phi) is 2.09. The summed E-state index contributed by atoms with van der Waals surface area (Å²) in [6, 6.07) is 2.88. The van der Waals surface area contributed by atoms with Gasteiger partial charge < -0.3 is 10.1 Å². The van der Waals surface area contributed by atoms with Crippen LogP contribution in [0.25, 0.3) is 11.0 Å². The summed E-state index contributed by atoms with van der Waals surface area (Å²) in [7, 11) is 0. The van der Waals surface area contributed by atoms with Crippen molar-refractivity contribution in [3.63, 3.8) is 0 Å². The van der Waals surface area contributed by atoms with E-state index in [9.17, 15) is 4.79 Å². The number of hydrogen-bond acceptors (Lipinski definition) is 2. The number of fused-ring (bicyclic) bond motifs is 1. The van der Waals surface area contributed by atoms with E-state index >= 15 is 0 Å². The van der Waals surface area contributed by atoms with E-state index in [1.54, 1.807) is 0 Å². The third-order valence-corrected chi connectivity index (χ3v) is 2.28. The summed E-state index contributed by atoms with van der Waals surface area (Å²) in [5, 5.41) is 9.34. The molecule has 1 aromatic heterocycles. The number of carbonyl (C=O) groups is 1. The number of aromatic nitrogens is 2. The van der Waals surface area contributed by atoms with Crippen LogP contribution in [0.2, 0.25) is 10.3 Å². The first-order valence-electron chi connectivity index (χ1n) is 3.66. The van der Waals surface area contributed by atoms with Gasteiger partial charge in [0.2, 0.25) is 5.28 Å². The molecule has 14 heavy (non-hydrogen) atoms. The number of H-pyrrole nitrogens is 1. The number of benzene rings is 1. The zero-order valence-electron chi connectivity index (χ0n) is 6.71. The number of halogens is 2. The SMILES string of the molecule is O=C(O)c1ccc(Cl)c2nc(Cl)[nH]c12. The number of rotatable bonds is 1. The molecule has 4 nitrogen and oxygen atoms in total. The van der Waals surface area contributed by atoms with E-state index < -0.39 is 5.97 Å². The first-order chi connectivity index (χ1) is 6.59. The second-order valence-electron chi connectivity index (χ2n) is 2.65. The first kappa shape index (κ1) is 9.30. The van der Waals surface area contributed by atoms with Gasteiger partial charge in [-0.25, -0.2) is 9.78 Å². The van der Waals surface area contributed by atoms with Crippen molar-refractivity contribution in [1.82, 2.24) is 9.97 Å². The molecule has 1 heterocycles. The molecule has 0 spiro atoms. The van der Waals surface area contributed by atoms with Gasteiger partial charge in [0.25, 0.3) is 0 Å². The van der Waals surface area contributed by atoms with E-state index in [1.807, 2.05) is 0 Å². The maximum atomic E-state index is 10.8. The molecule has 1 aromatic carbocycles. The molecule has 0 bridgehead atoms. The largest absolute Gasteiger partial charge is 0.478 e. The lowest BCUT2D eigenvalue weighted by Crippen LogP contribution is -1.97. The summed E-state index contributed by atoms with van der Waals surface area (Å²) in [6.45, 7) is 0. The summed E-state index contributed by atoms with van der Waals surface area (Å²) in [6.07, 6.45) is 0. The molecule has 2 aromatic rings. The average Bonchev–Trinajstić information content (AvgIpc) is 2.47. The van der Waals surface area contributed by atoms with E-state index in [0.717, 1.165) is 0 Å². The molecule has 0 fully saturated rings. The lowest BCUT2D eigenvalue weighted by atomic mass is 10.2. The van der Waals surface area contributed by atoms with Crippen molar-refractivity contribution in [3.05, 3.63) is 28.0 Å². The summed E-state index contributed by atoms with van der Waals surface area (Å²) >= 11 is 11.4. The highest BCUT2D eigenvalue weighted by molar-refractivity contribution is 6.36. The summed E-state index contributed by atoms with van der Waals surface area (Å²) < 4.78 is 0. The predicted molar refractivity (Wildman–Crippen MR) is 53.1 cm³/mol. The van der Waals surface area contributed by atoms with Gasteiger partial charge in [0.15, 0.2) is 0 Å². The highest BCUT2D eigenvalue weighted by Gasteiger charge is 2.13. The van der Waals surface area contributed by atoms with Gasteiger partial charge in [-0.1, -0.05) is 11.6 Å². The maximum absolute atomic E-state index is 10.8. The number of imidazole rings is 1. The average molecular weight is 231 g/mol. The van der Waals surface area contributed by atoms with Crippen LogP contribution < -0.4 is 0 Å². The number of nitrogens with zero attached hydrogens (tertiary/aromatic N) is 1. The fourth-order valence-corrected chi connectivity index (χ4v) is 1.59. The zero-order valence-corrected chi connectivity index (χ0v) is 8.23. The minimum atomic E-state index is -1.05. The molecule has 0 saturated carbocycles. The van der Waals surface area contributed by atoms with Gasteiger partial charge in [0.1, 0.15) is 5.52 Å². The summed E-state index contributed by atoms with van der Waals surface area (Å²) in [5.74, 6) is -1.05. The molecular weight excluding hydrogens is 227 g/mol. The van der Waals surface area contributed by atoms with Crippen LogP contribution in [0, 0.1) is 0 Å². The monoisotopic (exact) mass is 230 g/mol. The number of carboxylic acid groups (broad SMARTS) is 1. The van der Waals surface area contributed by atoms with Crippen molar-refractivity contribution in [2.75, 3.05) is 0 Å². The van der Waals surface area contributed by atoms with E-state index in [1.165, 1.54) is 12.1 Å². The molecule has 2 rings (SSSR count). The van der Waals surface area contributed by atoms with Gasteiger partial charge in [0, 0.05) is 0 Å². The predicted octanol–water partition coefficient (Wildman–Crippen LogP) is 2.57. The third-order valence-electron chi connectivity index (χ3n) is 1.80. The minimum absolute atomic E-state index is 0.101. The van der Waals surface area contributed by atoms with Crippen LogP contribution in [-0.2, 0) is 0 Å². The molecule has 2 N–H and O–H groups in total. The molecule has 0 saturated heterocycles. The Bertz CT molecular complexity index is 521. The number of carboxylic acids is 1. The second-order valence-corrected chi connectivity index (χ2v) is 3.42. The van der Waals surface area contributed by atoms with Crippen LogP contribution in [0.1, 0.15) is 10.4 Å². The number of nitrogens with one attached hydrogen (secondary N) is 1. The molecule has 72 valence electrons. The standard InChI is InChI=1S/C8H4Cl2N2O2/c9-4-2-1-3(7(13)14)5-6(4)12-8(10)11-5/h1-2H,(H,11,12)(H,13,14). The first-order valence-corrected chi connectivity index (χ1v) is 4.42. The van der Waals surface area contributed by atoms with Crippen LogP contribution in [0.3, 0.4) is 0 Å². The molecule has 6 heteroatoms. The second kappa shape index (κ2) is 3.15. The van der Waals surface area contributed by atoms with Gasteiger partial charge in [-0.3, -0.25) is 0 Å². The van der Waals surface area contributed by atoms with Crippen LogP contribution in [-0.4, -0.2) is 21.0 Å². The Morgan fingerprint density at radius 2 is 2.14 bits per heavy atom. The Morgan fingerprint density at radius 3 is 2.79 bits per heavy atom. The van der Waals surface area contributed by atoms with Gasteiger partial charge in [-0.2, -0.15) is 0 Å². The number of aromatic carboxylic acids is 1. The lowest BCUT2D eigenvalue weighted by molar-refractivity contribution is 0.0699. The van der Waals surface area contributed by atoms with Crippen molar-refractivity contribution in [1.29, 1.82) is 0 Å². The van der Waals surface area contributed by atoms with E-state index in [-0.39, 0.29) is 10.8 Å². The van der Waals surface area contributed by atoms with Crippen LogP contribution >= 0.6 is 23.2 Å². The van der Waals surface area contributed by atoms with Crippen LogP contribution in [0.15, 0.2) is 12.1 Å². The molecule has 0 amide bonds.